The van der Waals surface area contributed by atoms with Crippen molar-refractivity contribution >= 4 is 23.4 Å². The van der Waals surface area contributed by atoms with Crippen molar-refractivity contribution in [3.8, 4) is 0 Å². The monoisotopic (exact) mass is 310 g/mol. The second-order valence-corrected chi connectivity index (χ2v) is 5.21. The van der Waals surface area contributed by atoms with Gasteiger partial charge in [-0.3, -0.25) is 4.79 Å². The topological polar surface area (TPSA) is 98.7 Å². The van der Waals surface area contributed by atoms with Crippen molar-refractivity contribution in [2.75, 3.05) is 17.6 Å². The molecule has 9 heteroatoms. The van der Waals surface area contributed by atoms with Crippen LogP contribution in [0.4, 0.5) is 10.1 Å². The summed E-state index contributed by atoms with van der Waals surface area (Å²) >= 11 is 1.20. The molecule has 3 N–H and O–H groups in total. The van der Waals surface area contributed by atoms with Crippen LogP contribution in [0.3, 0.4) is 0 Å². The average Bonchev–Trinajstić information content (AvgIpc) is 2.88. The Bertz CT molecular complexity index is 632. The molecule has 21 heavy (non-hydrogen) atoms. The van der Waals surface area contributed by atoms with Crippen LogP contribution in [-0.2, 0) is 11.3 Å². The first kappa shape index (κ1) is 15.4. The summed E-state index contributed by atoms with van der Waals surface area (Å²) in [4.78, 5) is 11.9. The maximum Gasteiger partial charge on any atom is 0.234 e. The number of amides is 1. The fraction of sp³-hybridized carbons (Fsp3) is 0.333. The van der Waals surface area contributed by atoms with Crippen molar-refractivity contribution in [3.05, 3.63) is 29.6 Å². The summed E-state index contributed by atoms with van der Waals surface area (Å²) in [5.74, 6) is -0.521. The minimum atomic E-state index is -0.393. The van der Waals surface area contributed by atoms with Crippen molar-refractivity contribution in [1.29, 1.82) is 0 Å². The molecule has 0 fully saturated rings. The molecular formula is C12H15FN6OS. The smallest absolute Gasteiger partial charge is 0.234 e. The van der Waals surface area contributed by atoms with Gasteiger partial charge < -0.3 is 11.1 Å². The highest BCUT2D eigenvalue weighted by molar-refractivity contribution is 7.99. The number of nitrogens with zero attached hydrogens (tertiary/aromatic N) is 4. The van der Waals surface area contributed by atoms with Gasteiger partial charge in [-0.1, -0.05) is 17.8 Å². The molecule has 0 bridgehead atoms. The lowest BCUT2D eigenvalue weighted by atomic mass is 10.2. The Labute approximate surface area is 125 Å². The number of nitrogens with two attached hydrogens (primary N) is 1. The lowest BCUT2D eigenvalue weighted by Crippen LogP contribution is -2.16. The first-order valence-electron chi connectivity index (χ1n) is 6.25. The van der Waals surface area contributed by atoms with E-state index in [1.807, 2.05) is 0 Å². The third-order valence-electron chi connectivity index (χ3n) is 2.65. The van der Waals surface area contributed by atoms with Crippen LogP contribution >= 0.6 is 11.8 Å². The number of rotatable bonds is 6. The minimum Gasteiger partial charge on any atom is -0.329 e. The Hall–Kier alpha value is -2.00. The molecule has 1 aromatic heterocycles. The normalized spacial score (nSPS) is 10.6. The van der Waals surface area contributed by atoms with E-state index in [1.165, 1.54) is 28.6 Å². The number of carbonyl (C=O) groups is 1. The number of thioether (sulfide) groups is 1. The fourth-order valence-corrected chi connectivity index (χ4v) is 2.31. The molecule has 2 rings (SSSR count). The van der Waals surface area contributed by atoms with Gasteiger partial charge in [-0.25, -0.2) is 9.07 Å². The van der Waals surface area contributed by atoms with Gasteiger partial charge in [0.05, 0.1) is 12.3 Å². The van der Waals surface area contributed by atoms with E-state index in [-0.39, 0.29) is 11.7 Å². The molecule has 1 aromatic carbocycles. The molecule has 1 amide bonds. The number of aromatic nitrogens is 4. The number of nitrogens with one attached hydrogen (secondary N) is 1. The molecule has 0 atom stereocenters. The molecule has 2 aromatic rings. The van der Waals surface area contributed by atoms with E-state index in [2.05, 4.69) is 20.8 Å². The molecule has 0 saturated heterocycles. The van der Waals surface area contributed by atoms with Gasteiger partial charge in [0.1, 0.15) is 5.82 Å². The molecule has 0 unspecified atom stereocenters. The van der Waals surface area contributed by atoms with E-state index >= 15 is 0 Å². The van der Waals surface area contributed by atoms with E-state index < -0.39 is 5.82 Å². The summed E-state index contributed by atoms with van der Waals surface area (Å²) in [6, 6.07) is 4.25. The fourth-order valence-electron chi connectivity index (χ4n) is 1.61. The molecule has 7 nitrogen and oxygen atoms in total. The van der Waals surface area contributed by atoms with Crippen LogP contribution in [-0.4, -0.2) is 38.4 Å². The summed E-state index contributed by atoms with van der Waals surface area (Å²) in [6.45, 7) is 2.69. The second kappa shape index (κ2) is 7.14. The Balaban J connectivity index is 1.93. The number of hydrogen-bond acceptors (Lipinski definition) is 6. The summed E-state index contributed by atoms with van der Waals surface area (Å²) < 4.78 is 14.7. The zero-order valence-electron chi connectivity index (χ0n) is 11.4. The van der Waals surface area contributed by atoms with Crippen molar-refractivity contribution in [2.45, 2.75) is 18.6 Å². The number of aryl methyl sites for hydroxylation is 1. The first-order chi connectivity index (χ1) is 10.1. The highest BCUT2D eigenvalue weighted by Gasteiger charge is 2.11. The third-order valence-corrected chi connectivity index (χ3v) is 3.60. The minimum absolute atomic E-state index is 0.126. The molecule has 1 heterocycles. The number of benzene rings is 1. The van der Waals surface area contributed by atoms with Crippen LogP contribution in [0.25, 0.3) is 0 Å². The van der Waals surface area contributed by atoms with Gasteiger partial charge in [0.25, 0.3) is 0 Å². The Morgan fingerprint density at radius 1 is 1.52 bits per heavy atom. The van der Waals surface area contributed by atoms with Gasteiger partial charge in [-0.2, -0.15) is 0 Å². The van der Waals surface area contributed by atoms with Crippen LogP contribution < -0.4 is 11.1 Å². The van der Waals surface area contributed by atoms with Gasteiger partial charge in [-0.05, 0) is 35.0 Å². The van der Waals surface area contributed by atoms with Crippen LogP contribution in [0.5, 0.6) is 0 Å². The van der Waals surface area contributed by atoms with Gasteiger partial charge in [0, 0.05) is 12.2 Å². The quantitative estimate of drug-likeness (QED) is 0.766. The van der Waals surface area contributed by atoms with Crippen LogP contribution in [0, 0.1) is 12.7 Å². The van der Waals surface area contributed by atoms with Gasteiger partial charge >= 0.3 is 0 Å². The summed E-state index contributed by atoms with van der Waals surface area (Å²) in [6.07, 6.45) is 0. The number of hydrogen-bond donors (Lipinski definition) is 2. The zero-order valence-corrected chi connectivity index (χ0v) is 12.2. The number of halogens is 1. The molecular weight excluding hydrogens is 295 g/mol. The lowest BCUT2D eigenvalue weighted by Gasteiger charge is -2.08. The molecule has 112 valence electrons. The Morgan fingerprint density at radius 2 is 2.33 bits per heavy atom. The van der Waals surface area contributed by atoms with Crippen LogP contribution in [0.15, 0.2) is 23.4 Å². The van der Waals surface area contributed by atoms with Gasteiger partial charge in [0.15, 0.2) is 0 Å². The van der Waals surface area contributed by atoms with Gasteiger partial charge in [-0.15, -0.1) is 5.10 Å². The van der Waals surface area contributed by atoms with Crippen molar-refractivity contribution in [2.24, 2.45) is 5.73 Å². The number of carbonyl (C=O) groups excluding carboxylic acids is 1. The largest absolute Gasteiger partial charge is 0.329 e. The molecule has 0 spiro atoms. The van der Waals surface area contributed by atoms with E-state index in [9.17, 15) is 9.18 Å². The highest BCUT2D eigenvalue weighted by atomic mass is 32.2. The van der Waals surface area contributed by atoms with Crippen molar-refractivity contribution < 1.29 is 9.18 Å². The standard InChI is InChI=1S/C12H15FN6OS/c1-8-2-3-9(13)6-10(8)15-11(20)7-21-12-16-17-18-19(12)5-4-14/h2-3,6H,4-5,7,14H2,1H3,(H,15,20). The maximum absolute atomic E-state index is 13.1. The number of tetrazole rings is 1. The van der Waals surface area contributed by atoms with Crippen molar-refractivity contribution in [3.63, 3.8) is 0 Å². The van der Waals surface area contributed by atoms with Gasteiger partial charge in [0.2, 0.25) is 11.1 Å². The molecule has 0 aliphatic rings. The third kappa shape index (κ3) is 4.23. The second-order valence-electron chi connectivity index (χ2n) is 4.27. The predicted molar refractivity (Wildman–Crippen MR) is 77.4 cm³/mol. The Kier molecular flexibility index (Phi) is 5.23. The Morgan fingerprint density at radius 3 is 3.10 bits per heavy atom. The van der Waals surface area contributed by atoms with Crippen LogP contribution in [0.1, 0.15) is 5.56 Å². The van der Waals surface area contributed by atoms with Crippen molar-refractivity contribution in [1.82, 2.24) is 20.2 Å². The summed E-state index contributed by atoms with van der Waals surface area (Å²) in [7, 11) is 0. The first-order valence-corrected chi connectivity index (χ1v) is 7.23. The summed E-state index contributed by atoms with van der Waals surface area (Å²) in [5, 5.41) is 14.3. The van der Waals surface area contributed by atoms with E-state index in [0.717, 1.165) is 5.56 Å². The maximum atomic E-state index is 13.1. The summed E-state index contributed by atoms with van der Waals surface area (Å²) in [5.41, 5.74) is 6.69. The molecule has 0 radical (unpaired) electrons. The van der Waals surface area contributed by atoms with E-state index in [1.54, 1.807) is 13.0 Å². The average molecular weight is 310 g/mol. The lowest BCUT2D eigenvalue weighted by molar-refractivity contribution is -0.113. The SMILES string of the molecule is Cc1ccc(F)cc1NC(=O)CSc1nnnn1CCN. The van der Waals surface area contributed by atoms with E-state index in [4.69, 9.17) is 5.73 Å². The predicted octanol–water partition coefficient (Wildman–Crippen LogP) is 0.810. The zero-order chi connectivity index (χ0) is 15.2. The van der Waals surface area contributed by atoms with E-state index in [0.29, 0.717) is 23.9 Å². The molecule has 0 aliphatic carbocycles. The number of anilines is 1. The molecule has 0 saturated carbocycles. The molecule has 0 aliphatic heterocycles. The van der Waals surface area contributed by atoms with Crippen LogP contribution in [0.2, 0.25) is 0 Å². The highest BCUT2D eigenvalue weighted by Crippen LogP contribution is 2.18.